The smallest absolute Gasteiger partial charge is 0.434 e. The van der Waals surface area contributed by atoms with Gasteiger partial charge in [0, 0.05) is 16.3 Å². The molecular weight excluding hydrogens is 412 g/mol. The van der Waals surface area contributed by atoms with Crippen LogP contribution in [0.15, 0.2) is 82.2 Å². The van der Waals surface area contributed by atoms with Crippen molar-refractivity contribution < 1.29 is 19.1 Å². The highest BCUT2D eigenvalue weighted by molar-refractivity contribution is 7.98. The summed E-state index contributed by atoms with van der Waals surface area (Å²) in [5, 5.41) is 6.10. The molecule has 2 aromatic carbocycles. The van der Waals surface area contributed by atoms with Crippen LogP contribution in [0.4, 0.5) is 4.79 Å². The fraction of sp³-hybridized carbons (Fsp3) is 0.250. The van der Waals surface area contributed by atoms with Gasteiger partial charge in [0.2, 0.25) is 5.91 Å². The number of benzene rings is 2. The largest absolute Gasteiger partial charge is 0.513 e. The number of carbonyl (C=O) groups excluding carboxylic acids is 2. The Morgan fingerprint density at radius 1 is 1.13 bits per heavy atom. The first kappa shape index (κ1) is 21.1. The normalized spacial score (nSPS) is 17.7. The first-order chi connectivity index (χ1) is 15.1. The number of rotatable bonds is 6. The predicted octanol–water partition coefficient (Wildman–Crippen LogP) is 4.45. The summed E-state index contributed by atoms with van der Waals surface area (Å²) in [4.78, 5) is 25.9. The second kappa shape index (κ2) is 9.31. The van der Waals surface area contributed by atoms with Gasteiger partial charge in [-0.25, -0.2) is 4.79 Å². The van der Waals surface area contributed by atoms with Crippen molar-refractivity contribution in [3.8, 4) is 0 Å². The molecule has 4 rings (SSSR count). The van der Waals surface area contributed by atoms with Gasteiger partial charge in [-0.3, -0.25) is 4.79 Å². The fourth-order valence-corrected chi connectivity index (χ4v) is 4.85. The summed E-state index contributed by atoms with van der Waals surface area (Å²) >= 11 is 1.69. The maximum atomic E-state index is 12.7. The molecule has 0 saturated carbocycles. The average Bonchev–Trinajstić information content (AvgIpc) is 3.14. The quantitative estimate of drug-likeness (QED) is 0.515. The Balaban J connectivity index is 1.72. The Labute approximate surface area is 185 Å². The summed E-state index contributed by atoms with van der Waals surface area (Å²) in [6, 6.07) is 18.2. The molecule has 1 unspecified atom stereocenters. The summed E-state index contributed by atoms with van der Waals surface area (Å²) in [6.07, 6.45) is -0.777. The van der Waals surface area contributed by atoms with E-state index in [-0.39, 0.29) is 12.5 Å². The molecule has 0 saturated heterocycles. The van der Waals surface area contributed by atoms with Crippen molar-refractivity contribution >= 4 is 23.8 Å². The Morgan fingerprint density at radius 2 is 1.87 bits per heavy atom. The number of allylic oxidation sites excluding steroid dienone is 2. The van der Waals surface area contributed by atoms with Crippen LogP contribution in [0, 0.1) is 0 Å². The molecule has 0 fully saturated rings. The maximum absolute atomic E-state index is 12.7. The highest BCUT2D eigenvalue weighted by Gasteiger charge is 2.40. The van der Waals surface area contributed by atoms with Gasteiger partial charge < -0.3 is 20.1 Å². The van der Waals surface area contributed by atoms with E-state index in [2.05, 4.69) is 22.8 Å². The number of thioether (sulfide) groups is 1. The van der Waals surface area contributed by atoms with Gasteiger partial charge in [-0.2, -0.15) is 0 Å². The summed E-state index contributed by atoms with van der Waals surface area (Å²) in [5.74, 6) is 0.523. The van der Waals surface area contributed by atoms with Crippen LogP contribution in [-0.4, -0.2) is 25.2 Å². The third-order valence-corrected chi connectivity index (χ3v) is 6.34. The van der Waals surface area contributed by atoms with E-state index >= 15 is 0 Å². The molecule has 0 aromatic heterocycles. The fourth-order valence-electron chi connectivity index (χ4n) is 3.80. The van der Waals surface area contributed by atoms with Crippen LogP contribution >= 0.6 is 11.8 Å². The minimum absolute atomic E-state index is 0.159. The second-order valence-corrected chi connectivity index (χ2v) is 8.24. The van der Waals surface area contributed by atoms with E-state index in [1.54, 1.807) is 18.7 Å². The third-order valence-electron chi connectivity index (χ3n) is 5.18. The first-order valence-electron chi connectivity index (χ1n) is 10.2. The van der Waals surface area contributed by atoms with Gasteiger partial charge in [-0.05, 0) is 31.0 Å². The van der Waals surface area contributed by atoms with Crippen molar-refractivity contribution in [3.05, 3.63) is 88.5 Å². The lowest BCUT2D eigenvalue weighted by molar-refractivity contribution is -0.116. The Morgan fingerprint density at radius 3 is 2.65 bits per heavy atom. The first-order valence-corrected chi connectivity index (χ1v) is 11.2. The van der Waals surface area contributed by atoms with E-state index in [1.807, 2.05) is 49.4 Å². The molecule has 2 heterocycles. The highest BCUT2D eigenvalue weighted by Crippen LogP contribution is 2.44. The summed E-state index contributed by atoms with van der Waals surface area (Å²) in [7, 11) is 0. The molecule has 0 aliphatic carbocycles. The number of hydrogen-bond acceptors (Lipinski definition) is 6. The van der Waals surface area contributed by atoms with Gasteiger partial charge in [-0.15, -0.1) is 11.8 Å². The zero-order valence-corrected chi connectivity index (χ0v) is 18.3. The summed E-state index contributed by atoms with van der Waals surface area (Å²) < 4.78 is 10.6. The van der Waals surface area contributed by atoms with Crippen LogP contribution in [0.1, 0.15) is 30.9 Å². The zero-order valence-electron chi connectivity index (χ0n) is 17.4. The molecule has 0 radical (unpaired) electrons. The lowest BCUT2D eigenvalue weighted by Crippen LogP contribution is -2.28. The van der Waals surface area contributed by atoms with Crippen LogP contribution < -0.4 is 10.6 Å². The van der Waals surface area contributed by atoms with Crippen LogP contribution in [-0.2, 0) is 20.0 Å². The molecular formula is C24H24N2O4S. The number of ether oxygens (including phenoxy) is 2. The molecule has 160 valence electrons. The summed E-state index contributed by atoms with van der Waals surface area (Å²) in [5.41, 5.74) is 4.22. The van der Waals surface area contributed by atoms with Crippen LogP contribution in [0.5, 0.6) is 0 Å². The van der Waals surface area contributed by atoms with Crippen molar-refractivity contribution in [2.24, 2.45) is 0 Å². The maximum Gasteiger partial charge on any atom is 0.513 e. The highest BCUT2D eigenvalue weighted by atomic mass is 32.2. The molecule has 2 N–H and O–H groups in total. The third kappa shape index (κ3) is 4.46. The molecule has 2 aromatic rings. The van der Waals surface area contributed by atoms with E-state index in [0.29, 0.717) is 23.6 Å². The lowest BCUT2D eigenvalue weighted by atomic mass is 9.85. The van der Waals surface area contributed by atoms with Crippen molar-refractivity contribution in [1.82, 2.24) is 10.6 Å². The van der Waals surface area contributed by atoms with E-state index in [4.69, 9.17) is 9.47 Å². The molecule has 2 aliphatic heterocycles. The topological polar surface area (TPSA) is 76.7 Å². The molecule has 31 heavy (non-hydrogen) atoms. The Bertz CT molecular complexity index is 1060. The SMILES string of the molecule is CCOC(=O)OC1=C(C)NC2=C(C(=O)NC2)C1c1ccccc1SCc1ccccc1. The van der Waals surface area contributed by atoms with Gasteiger partial charge in [0.05, 0.1) is 30.3 Å². The van der Waals surface area contributed by atoms with Crippen molar-refractivity contribution in [1.29, 1.82) is 0 Å². The van der Waals surface area contributed by atoms with Crippen LogP contribution in [0.2, 0.25) is 0 Å². The van der Waals surface area contributed by atoms with E-state index in [0.717, 1.165) is 21.9 Å². The Kier molecular flexibility index (Phi) is 6.32. The van der Waals surface area contributed by atoms with E-state index < -0.39 is 12.1 Å². The van der Waals surface area contributed by atoms with Gasteiger partial charge in [0.25, 0.3) is 0 Å². The van der Waals surface area contributed by atoms with Gasteiger partial charge in [0.1, 0.15) is 5.76 Å². The van der Waals surface area contributed by atoms with Crippen LogP contribution in [0.3, 0.4) is 0 Å². The number of dihydropyridines is 1. The number of amides is 1. The van der Waals surface area contributed by atoms with Crippen LogP contribution in [0.25, 0.3) is 0 Å². The minimum atomic E-state index is -0.777. The molecule has 2 aliphatic rings. The summed E-state index contributed by atoms with van der Waals surface area (Å²) in [6.45, 7) is 4.20. The van der Waals surface area contributed by atoms with Crippen molar-refractivity contribution in [3.63, 3.8) is 0 Å². The van der Waals surface area contributed by atoms with Crippen molar-refractivity contribution in [2.45, 2.75) is 30.4 Å². The van der Waals surface area contributed by atoms with E-state index in [1.165, 1.54) is 5.56 Å². The standard InChI is InChI=1S/C24H24N2O4S/c1-3-29-24(28)30-22-15(2)26-18-13-25-23(27)21(18)20(22)17-11-7-8-12-19(17)31-14-16-9-5-4-6-10-16/h4-12,20,26H,3,13-14H2,1-2H3,(H,25,27). The number of carbonyl (C=O) groups is 2. The van der Waals surface area contributed by atoms with Crippen molar-refractivity contribution in [2.75, 3.05) is 13.2 Å². The molecule has 6 nitrogen and oxygen atoms in total. The monoisotopic (exact) mass is 436 g/mol. The van der Waals surface area contributed by atoms with E-state index in [9.17, 15) is 9.59 Å². The second-order valence-electron chi connectivity index (χ2n) is 7.22. The zero-order chi connectivity index (χ0) is 21.8. The molecule has 1 atom stereocenters. The average molecular weight is 437 g/mol. The van der Waals surface area contributed by atoms with Gasteiger partial charge >= 0.3 is 6.16 Å². The molecule has 0 spiro atoms. The molecule has 1 amide bonds. The van der Waals surface area contributed by atoms with Gasteiger partial charge in [0.15, 0.2) is 0 Å². The molecule has 7 heteroatoms. The minimum Gasteiger partial charge on any atom is -0.434 e. The number of nitrogens with one attached hydrogen (secondary N) is 2. The number of hydrogen-bond donors (Lipinski definition) is 2. The Hall–Kier alpha value is -3.19. The van der Waals surface area contributed by atoms with Gasteiger partial charge in [-0.1, -0.05) is 48.5 Å². The predicted molar refractivity (Wildman–Crippen MR) is 119 cm³/mol. The molecule has 0 bridgehead atoms. The lowest BCUT2D eigenvalue weighted by Gasteiger charge is -2.29.